The second kappa shape index (κ2) is 9.82. The lowest BCUT2D eigenvalue weighted by Gasteiger charge is -2.41. The second-order valence-corrected chi connectivity index (χ2v) is 9.76. The Balaban J connectivity index is 1.25. The van der Waals surface area contributed by atoms with E-state index in [-0.39, 0.29) is 17.8 Å². The molecule has 5 nitrogen and oxygen atoms in total. The van der Waals surface area contributed by atoms with Crippen LogP contribution >= 0.6 is 0 Å². The van der Waals surface area contributed by atoms with Gasteiger partial charge in [0.1, 0.15) is 12.0 Å². The van der Waals surface area contributed by atoms with Gasteiger partial charge in [0.25, 0.3) is 0 Å². The van der Waals surface area contributed by atoms with E-state index in [1.807, 2.05) is 24.3 Å². The van der Waals surface area contributed by atoms with Crippen LogP contribution in [0.1, 0.15) is 43.2 Å². The van der Waals surface area contributed by atoms with Crippen molar-refractivity contribution < 1.29 is 14.3 Å². The predicted molar refractivity (Wildman–Crippen MR) is 127 cm³/mol. The normalized spacial score (nSPS) is 22.9. The van der Waals surface area contributed by atoms with E-state index in [4.69, 9.17) is 0 Å². The fourth-order valence-electron chi connectivity index (χ4n) is 5.76. The molecule has 0 aromatic heterocycles. The molecule has 176 valence electrons. The summed E-state index contributed by atoms with van der Waals surface area (Å²) in [6.07, 6.45) is 5.26. The first-order valence-electron chi connectivity index (χ1n) is 12.4. The number of hydrogen-bond donors (Lipinski definition) is 1. The van der Waals surface area contributed by atoms with Gasteiger partial charge in [-0.2, -0.15) is 0 Å². The molecule has 0 saturated carbocycles. The third kappa shape index (κ3) is 4.78. The molecule has 3 heterocycles. The van der Waals surface area contributed by atoms with E-state index >= 15 is 0 Å². The fourth-order valence-corrected chi connectivity index (χ4v) is 5.76. The Kier molecular flexibility index (Phi) is 6.65. The lowest BCUT2D eigenvalue weighted by atomic mass is 9.93. The Hall–Kier alpha value is -2.44. The Morgan fingerprint density at radius 1 is 0.970 bits per heavy atom. The van der Waals surface area contributed by atoms with Gasteiger partial charge in [-0.3, -0.25) is 9.69 Å². The predicted octanol–water partition coefficient (Wildman–Crippen LogP) is 3.80. The summed E-state index contributed by atoms with van der Waals surface area (Å²) in [7, 11) is 0. The molecule has 6 heteroatoms. The zero-order valence-electron chi connectivity index (χ0n) is 19.2. The molecule has 2 aromatic rings. The Bertz CT molecular complexity index is 952. The Labute approximate surface area is 195 Å². The molecule has 0 spiro atoms. The number of benzene rings is 2. The van der Waals surface area contributed by atoms with Crippen LogP contribution in [0.25, 0.3) is 0 Å². The molecule has 3 aliphatic heterocycles. The van der Waals surface area contributed by atoms with Crippen LogP contribution in [-0.4, -0.2) is 59.3 Å². The van der Waals surface area contributed by atoms with Crippen LogP contribution in [0.2, 0.25) is 0 Å². The lowest BCUT2D eigenvalue weighted by molar-refractivity contribution is -0.139. The summed E-state index contributed by atoms with van der Waals surface area (Å²) in [5, 5.41) is 11.4. The molecule has 2 aromatic carbocycles. The highest BCUT2D eigenvalue weighted by atomic mass is 19.1. The van der Waals surface area contributed by atoms with Crippen molar-refractivity contribution in [3.05, 3.63) is 65.5 Å². The standard InChI is InChI=1S/C27H34FN3O2/c28-23-10-8-20(9-11-23)19-31-24-7-3-2-6-22(24)18-25(31)27(33)30-16-12-21(13-17-30)26(32)29-14-4-1-5-15-29/h2-3,6-11,21,25,27,33H,1,4-5,12-19H2. The number of para-hydroxylation sites is 1. The maximum Gasteiger partial charge on any atom is 0.225 e. The number of hydrogen-bond acceptors (Lipinski definition) is 4. The number of carbonyl (C=O) groups is 1. The molecule has 33 heavy (non-hydrogen) atoms. The van der Waals surface area contributed by atoms with Crippen molar-refractivity contribution in [3.63, 3.8) is 0 Å². The smallest absolute Gasteiger partial charge is 0.225 e. The van der Waals surface area contributed by atoms with E-state index in [0.717, 1.165) is 69.5 Å². The number of amides is 1. The van der Waals surface area contributed by atoms with E-state index in [9.17, 15) is 14.3 Å². The van der Waals surface area contributed by atoms with Crippen LogP contribution in [0, 0.1) is 11.7 Å². The van der Waals surface area contributed by atoms with E-state index < -0.39 is 6.23 Å². The van der Waals surface area contributed by atoms with Gasteiger partial charge in [0.05, 0.1) is 6.04 Å². The van der Waals surface area contributed by atoms with Crippen molar-refractivity contribution in [3.8, 4) is 0 Å². The summed E-state index contributed by atoms with van der Waals surface area (Å²) >= 11 is 0. The molecule has 0 radical (unpaired) electrons. The van der Waals surface area contributed by atoms with Crippen LogP contribution < -0.4 is 4.90 Å². The summed E-state index contributed by atoms with van der Waals surface area (Å²) in [4.78, 5) is 19.4. The summed E-state index contributed by atoms with van der Waals surface area (Å²) in [6, 6.07) is 14.9. The molecule has 2 atom stereocenters. The number of aliphatic hydroxyl groups excluding tert-OH is 1. The highest BCUT2D eigenvalue weighted by molar-refractivity contribution is 5.79. The van der Waals surface area contributed by atoms with E-state index in [1.54, 1.807) is 0 Å². The summed E-state index contributed by atoms with van der Waals surface area (Å²) in [5.41, 5.74) is 3.40. The first-order valence-corrected chi connectivity index (χ1v) is 12.4. The monoisotopic (exact) mass is 451 g/mol. The molecule has 2 fully saturated rings. The average molecular weight is 452 g/mol. The third-order valence-corrected chi connectivity index (χ3v) is 7.66. The Morgan fingerprint density at radius 3 is 2.39 bits per heavy atom. The summed E-state index contributed by atoms with van der Waals surface area (Å²) < 4.78 is 13.4. The minimum Gasteiger partial charge on any atom is -0.376 e. The van der Waals surface area contributed by atoms with Crippen LogP contribution in [0.3, 0.4) is 0 Å². The van der Waals surface area contributed by atoms with Gasteiger partial charge in [-0.1, -0.05) is 30.3 Å². The molecule has 2 unspecified atom stereocenters. The topological polar surface area (TPSA) is 47.0 Å². The number of piperidine rings is 2. The zero-order valence-corrected chi connectivity index (χ0v) is 19.2. The molecule has 0 bridgehead atoms. The van der Waals surface area contributed by atoms with Crippen molar-refractivity contribution in [1.82, 2.24) is 9.80 Å². The number of nitrogens with zero attached hydrogens (tertiary/aromatic N) is 3. The number of anilines is 1. The quantitative estimate of drug-likeness (QED) is 0.751. The van der Waals surface area contributed by atoms with Gasteiger partial charge < -0.3 is 14.9 Å². The van der Waals surface area contributed by atoms with Crippen molar-refractivity contribution in [2.45, 2.75) is 57.3 Å². The first kappa shape index (κ1) is 22.4. The minimum atomic E-state index is -0.608. The largest absolute Gasteiger partial charge is 0.376 e. The molecule has 0 aliphatic carbocycles. The van der Waals surface area contributed by atoms with Crippen molar-refractivity contribution in [2.75, 3.05) is 31.1 Å². The maximum absolute atomic E-state index is 13.4. The second-order valence-electron chi connectivity index (χ2n) is 9.76. The summed E-state index contributed by atoms with van der Waals surface area (Å²) in [5.74, 6) is 0.164. The number of fused-ring (bicyclic) bond motifs is 1. The van der Waals surface area contributed by atoms with Gasteiger partial charge in [-0.05, 0) is 67.9 Å². The maximum atomic E-state index is 13.4. The highest BCUT2D eigenvalue weighted by Gasteiger charge is 2.39. The van der Waals surface area contributed by atoms with E-state index in [2.05, 4.69) is 26.8 Å². The third-order valence-electron chi connectivity index (χ3n) is 7.66. The number of halogens is 1. The molecule has 5 rings (SSSR count). The van der Waals surface area contributed by atoms with Crippen molar-refractivity contribution in [2.24, 2.45) is 5.92 Å². The molecule has 2 saturated heterocycles. The van der Waals surface area contributed by atoms with Crippen molar-refractivity contribution in [1.29, 1.82) is 0 Å². The number of rotatable bonds is 5. The summed E-state index contributed by atoms with van der Waals surface area (Å²) in [6.45, 7) is 3.91. The van der Waals surface area contributed by atoms with Gasteiger partial charge in [-0.15, -0.1) is 0 Å². The average Bonchev–Trinajstić information content (AvgIpc) is 3.23. The van der Waals surface area contributed by atoms with Crippen molar-refractivity contribution >= 4 is 11.6 Å². The van der Waals surface area contributed by atoms with Crippen LogP contribution in [0.5, 0.6) is 0 Å². The zero-order chi connectivity index (χ0) is 22.8. The molecule has 3 aliphatic rings. The lowest BCUT2D eigenvalue weighted by Crippen LogP contribution is -2.54. The van der Waals surface area contributed by atoms with Crippen LogP contribution in [0.15, 0.2) is 48.5 Å². The van der Waals surface area contributed by atoms with Crippen LogP contribution in [-0.2, 0) is 17.8 Å². The minimum absolute atomic E-state index is 0.0678. The number of aliphatic hydroxyl groups is 1. The number of likely N-dealkylation sites (tertiary alicyclic amines) is 2. The fraction of sp³-hybridized carbons (Fsp3) is 0.519. The molecule has 1 N–H and O–H groups in total. The molecule has 1 amide bonds. The SMILES string of the molecule is O=C(C1CCN(C(O)C2Cc3ccccc3N2Cc2ccc(F)cc2)CC1)N1CCCCC1. The van der Waals surface area contributed by atoms with Gasteiger partial charge in [-0.25, -0.2) is 4.39 Å². The van der Waals surface area contributed by atoms with Gasteiger partial charge in [0.2, 0.25) is 5.91 Å². The van der Waals surface area contributed by atoms with Crippen LogP contribution in [0.4, 0.5) is 10.1 Å². The highest BCUT2D eigenvalue weighted by Crippen LogP contribution is 2.36. The van der Waals surface area contributed by atoms with E-state index in [0.29, 0.717) is 12.5 Å². The first-order chi connectivity index (χ1) is 16.1. The molecular formula is C27H34FN3O2. The number of carbonyl (C=O) groups excluding carboxylic acids is 1. The van der Waals surface area contributed by atoms with E-state index in [1.165, 1.54) is 24.1 Å². The van der Waals surface area contributed by atoms with Gasteiger partial charge >= 0.3 is 0 Å². The Morgan fingerprint density at radius 2 is 1.67 bits per heavy atom. The van der Waals surface area contributed by atoms with Gasteiger partial charge in [0.15, 0.2) is 0 Å². The molecular weight excluding hydrogens is 417 g/mol. The van der Waals surface area contributed by atoms with Gasteiger partial charge in [0, 0.05) is 44.3 Å².